The van der Waals surface area contributed by atoms with Gasteiger partial charge >= 0.3 is 0 Å². The van der Waals surface area contributed by atoms with Crippen molar-refractivity contribution in [3.8, 4) is 0 Å². The van der Waals surface area contributed by atoms with Gasteiger partial charge in [0, 0.05) is 10.7 Å². The van der Waals surface area contributed by atoms with Gasteiger partial charge in [-0.1, -0.05) is 29.8 Å². The second-order valence-electron chi connectivity index (χ2n) is 6.65. The van der Waals surface area contributed by atoms with Crippen LogP contribution in [0.15, 0.2) is 41.8 Å². The fourth-order valence-electron chi connectivity index (χ4n) is 4.33. The summed E-state index contributed by atoms with van der Waals surface area (Å²) in [6, 6.07) is 7.98. The van der Waals surface area contributed by atoms with Crippen LogP contribution in [0.3, 0.4) is 0 Å². The summed E-state index contributed by atoms with van der Waals surface area (Å²) in [5.41, 5.74) is 1.71. The second-order valence-corrected chi connectivity index (χ2v) is 8.04. The molecular formula is C19H13ClN2O3S. The third-order valence-corrected chi connectivity index (χ3v) is 6.46. The van der Waals surface area contributed by atoms with Gasteiger partial charge in [0.1, 0.15) is 6.04 Å². The molecule has 2 amide bonds. The minimum Gasteiger partial charge on any atom is -0.352 e. The summed E-state index contributed by atoms with van der Waals surface area (Å²) in [6.07, 6.45) is 3.81. The Hall–Kier alpha value is -2.44. The molecule has 0 aliphatic carbocycles. The molecule has 5 nitrogen and oxygen atoms in total. The van der Waals surface area contributed by atoms with E-state index in [0.29, 0.717) is 9.90 Å². The number of rotatable bonds is 2. The molecule has 0 saturated carbocycles. The Morgan fingerprint density at radius 2 is 1.96 bits per heavy atom. The van der Waals surface area contributed by atoms with Gasteiger partial charge in [0.15, 0.2) is 5.78 Å². The van der Waals surface area contributed by atoms with Gasteiger partial charge in [0.25, 0.3) is 0 Å². The first kappa shape index (κ1) is 15.8. The molecule has 2 aromatic rings. The van der Waals surface area contributed by atoms with Gasteiger partial charge in [-0.05, 0) is 35.2 Å². The van der Waals surface area contributed by atoms with Crippen molar-refractivity contribution >= 4 is 52.3 Å². The highest BCUT2D eigenvalue weighted by atomic mass is 35.5. The van der Waals surface area contributed by atoms with Crippen LogP contribution < -0.4 is 10.2 Å². The van der Waals surface area contributed by atoms with Crippen LogP contribution in [0, 0.1) is 11.8 Å². The number of amides is 2. The maximum absolute atomic E-state index is 13.3. The van der Waals surface area contributed by atoms with E-state index < -0.39 is 17.9 Å². The molecule has 26 heavy (non-hydrogen) atoms. The summed E-state index contributed by atoms with van der Waals surface area (Å²) >= 11 is 7.45. The Bertz CT molecular complexity index is 985. The number of benzene rings is 1. The van der Waals surface area contributed by atoms with Crippen LogP contribution in [0.25, 0.3) is 6.08 Å². The van der Waals surface area contributed by atoms with Gasteiger partial charge < -0.3 is 4.90 Å². The number of imide groups is 1. The number of halogens is 1. The van der Waals surface area contributed by atoms with Crippen LogP contribution in [0.2, 0.25) is 5.02 Å². The maximum atomic E-state index is 13.3. The average Bonchev–Trinajstić information content (AvgIpc) is 3.31. The fraction of sp³-hybridized carbons (Fsp3) is 0.211. The summed E-state index contributed by atoms with van der Waals surface area (Å²) in [6.45, 7) is 0. The van der Waals surface area contributed by atoms with Gasteiger partial charge in [-0.3, -0.25) is 19.7 Å². The Kier molecular flexibility index (Phi) is 3.36. The molecule has 5 rings (SSSR count). The molecule has 0 bridgehead atoms. The Balaban J connectivity index is 1.69. The number of hydrogen-bond acceptors (Lipinski definition) is 5. The molecular weight excluding hydrogens is 372 g/mol. The molecule has 0 radical (unpaired) electrons. The molecule has 3 aliphatic heterocycles. The highest BCUT2D eigenvalue weighted by molar-refractivity contribution is 7.12. The first-order valence-corrected chi connectivity index (χ1v) is 9.50. The van der Waals surface area contributed by atoms with Crippen molar-refractivity contribution in [1.29, 1.82) is 0 Å². The first-order valence-electron chi connectivity index (χ1n) is 8.25. The number of nitrogens with zero attached hydrogens (tertiary/aromatic N) is 1. The van der Waals surface area contributed by atoms with Gasteiger partial charge in [0.05, 0.1) is 22.8 Å². The number of hydrogen-bond donors (Lipinski definition) is 1. The van der Waals surface area contributed by atoms with Crippen molar-refractivity contribution in [3.63, 3.8) is 0 Å². The molecule has 4 atom stereocenters. The number of Topliss-reactive ketones (excluding diaryl/α,β-unsaturated/α-hetero) is 1. The van der Waals surface area contributed by atoms with Crippen molar-refractivity contribution in [3.05, 3.63) is 57.3 Å². The molecule has 3 aliphatic rings. The highest BCUT2D eigenvalue weighted by Crippen LogP contribution is 2.47. The molecule has 2 saturated heterocycles. The zero-order chi connectivity index (χ0) is 18.0. The highest BCUT2D eigenvalue weighted by Gasteiger charge is 2.61. The predicted molar refractivity (Wildman–Crippen MR) is 99.3 cm³/mol. The van der Waals surface area contributed by atoms with Crippen LogP contribution in [0.4, 0.5) is 5.69 Å². The molecule has 4 heterocycles. The Morgan fingerprint density at radius 3 is 2.73 bits per heavy atom. The van der Waals surface area contributed by atoms with Crippen molar-refractivity contribution in [1.82, 2.24) is 5.32 Å². The van der Waals surface area contributed by atoms with E-state index in [1.165, 1.54) is 11.3 Å². The lowest BCUT2D eigenvalue weighted by molar-refractivity contribution is -0.126. The zero-order valence-corrected chi connectivity index (χ0v) is 15.0. The van der Waals surface area contributed by atoms with Crippen LogP contribution in [-0.4, -0.2) is 29.7 Å². The van der Waals surface area contributed by atoms with E-state index >= 15 is 0 Å². The standard InChI is InChI=1S/C19H13ClN2O3S/c20-10-4-6-11-9(8-10)3-5-12-14-15(19(25)21-18(14)24)16(22(11)12)17(23)13-2-1-7-26-13/h1-8,12,14-16H,(H,21,24,25). The van der Waals surface area contributed by atoms with Crippen molar-refractivity contribution in [2.75, 3.05) is 4.90 Å². The van der Waals surface area contributed by atoms with Gasteiger partial charge in [-0.25, -0.2) is 0 Å². The Labute approximate surface area is 158 Å². The molecule has 7 heteroatoms. The number of anilines is 1. The van der Waals surface area contributed by atoms with Crippen LogP contribution in [0.5, 0.6) is 0 Å². The molecule has 0 spiro atoms. The monoisotopic (exact) mass is 384 g/mol. The topological polar surface area (TPSA) is 66.5 Å². The summed E-state index contributed by atoms with van der Waals surface area (Å²) in [5, 5.41) is 4.84. The molecule has 4 unspecified atom stereocenters. The molecule has 130 valence electrons. The second kappa shape index (κ2) is 5.53. The number of fused-ring (bicyclic) bond motifs is 5. The van der Waals surface area contributed by atoms with E-state index in [-0.39, 0.29) is 23.6 Å². The van der Waals surface area contributed by atoms with E-state index in [1.54, 1.807) is 12.1 Å². The Morgan fingerprint density at radius 1 is 1.15 bits per heavy atom. The third-order valence-electron chi connectivity index (χ3n) is 5.34. The van der Waals surface area contributed by atoms with E-state index in [2.05, 4.69) is 5.32 Å². The average molecular weight is 385 g/mol. The van der Waals surface area contributed by atoms with Crippen LogP contribution >= 0.6 is 22.9 Å². The summed E-state index contributed by atoms with van der Waals surface area (Å²) < 4.78 is 0. The normalized spacial score (nSPS) is 28.6. The molecule has 1 aromatic carbocycles. The van der Waals surface area contributed by atoms with Crippen LogP contribution in [0.1, 0.15) is 15.2 Å². The van der Waals surface area contributed by atoms with E-state index in [0.717, 1.165) is 11.3 Å². The number of nitrogens with one attached hydrogen (secondary N) is 1. The summed E-state index contributed by atoms with van der Waals surface area (Å²) in [4.78, 5) is 40.7. The minimum atomic E-state index is -0.708. The van der Waals surface area contributed by atoms with Crippen molar-refractivity contribution < 1.29 is 14.4 Å². The SMILES string of the molecule is O=C1NC(=O)C2C1C1C=Cc3cc(Cl)ccc3N1C2C(=O)c1cccs1. The van der Waals surface area contributed by atoms with Gasteiger partial charge in [-0.2, -0.15) is 0 Å². The maximum Gasteiger partial charge on any atom is 0.233 e. The van der Waals surface area contributed by atoms with E-state index in [1.807, 2.05) is 40.6 Å². The minimum absolute atomic E-state index is 0.126. The third kappa shape index (κ3) is 2.06. The van der Waals surface area contributed by atoms with Gasteiger partial charge in [0.2, 0.25) is 11.8 Å². The fourth-order valence-corrected chi connectivity index (χ4v) is 5.20. The summed E-state index contributed by atoms with van der Waals surface area (Å²) in [5.74, 6) is -2.05. The number of carbonyl (C=O) groups excluding carboxylic acids is 3. The van der Waals surface area contributed by atoms with Crippen molar-refractivity contribution in [2.45, 2.75) is 12.1 Å². The molecule has 1 N–H and O–H groups in total. The van der Waals surface area contributed by atoms with E-state index in [4.69, 9.17) is 11.6 Å². The quantitative estimate of drug-likeness (QED) is 0.638. The van der Waals surface area contributed by atoms with Gasteiger partial charge in [-0.15, -0.1) is 11.3 Å². The lowest BCUT2D eigenvalue weighted by Crippen LogP contribution is -2.47. The number of carbonyl (C=O) groups is 3. The lowest BCUT2D eigenvalue weighted by Gasteiger charge is -2.35. The lowest BCUT2D eigenvalue weighted by atomic mass is 9.87. The predicted octanol–water partition coefficient (Wildman–Crippen LogP) is 2.76. The smallest absolute Gasteiger partial charge is 0.233 e. The zero-order valence-electron chi connectivity index (χ0n) is 13.4. The van der Waals surface area contributed by atoms with E-state index in [9.17, 15) is 14.4 Å². The largest absolute Gasteiger partial charge is 0.352 e. The molecule has 2 fully saturated rings. The summed E-state index contributed by atoms with van der Waals surface area (Å²) in [7, 11) is 0. The molecule has 1 aromatic heterocycles. The first-order chi connectivity index (χ1) is 12.6. The number of ketones is 1. The number of thiophene rings is 1. The van der Waals surface area contributed by atoms with Crippen molar-refractivity contribution in [2.24, 2.45) is 11.8 Å². The van der Waals surface area contributed by atoms with Crippen LogP contribution in [-0.2, 0) is 9.59 Å².